The van der Waals surface area contributed by atoms with Gasteiger partial charge in [0.2, 0.25) is 21.8 Å². The number of amides is 2. The molecule has 0 aromatic rings. The molecule has 0 spiro atoms. The Kier molecular flexibility index (Phi) is 7.47. The van der Waals surface area contributed by atoms with Crippen LogP contribution in [0.5, 0.6) is 0 Å². The summed E-state index contributed by atoms with van der Waals surface area (Å²) in [5.41, 5.74) is 0. The summed E-state index contributed by atoms with van der Waals surface area (Å²) in [7, 11) is -3.50. The van der Waals surface area contributed by atoms with E-state index in [4.69, 9.17) is 5.14 Å². The first kappa shape index (κ1) is 15.9. The van der Waals surface area contributed by atoms with Gasteiger partial charge < -0.3 is 10.6 Å². The molecule has 0 unspecified atom stereocenters. The highest BCUT2D eigenvalue weighted by atomic mass is 32.2. The second kappa shape index (κ2) is 8.02. The molecular weight excluding hydrogens is 246 g/mol. The minimum Gasteiger partial charge on any atom is -0.354 e. The molecule has 0 saturated carbocycles. The van der Waals surface area contributed by atoms with Gasteiger partial charge in [0.25, 0.3) is 0 Å². The maximum absolute atomic E-state index is 11.2. The van der Waals surface area contributed by atoms with Crippen LogP contribution < -0.4 is 15.8 Å². The van der Waals surface area contributed by atoms with E-state index in [-0.39, 0.29) is 30.4 Å². The Bertz CT molecular complexity index is 353. The fraction of sp³-hybridized carbons (Fsp3) is 0.778. The topological polar surface area (TPSA) is 118 Å². The van der Waals surface area contributed by atoms with Gasteiger partial charge in [-0.15, -0.1) is 0 Å². The van der Waals surface area contributed by atoms with Gasteiger partial charge >= 0.3 is 0 Å². The number of sulfonamides is 1. The van der Waals surface area contributed by atoms with Crippen LogP contribution in [0.25, 0.3) is 0 Å². The molecule has 0 bridgehead atoms. The molecule has 0 saturated heterocycles. The van der Waals surface area contributed by atoms with Gasteiger partial charge in [0.05, 0.1) is 5.75 Å². The van der Waals surface area contributed by atoms with E-state index in [9.17, 15) is 18.0 Å². The third kappa shape index (κ3) is 11.1. The average molecular weight is 265 g/mol. The molecule has 0 rings (SSSR count). The molecule has 0 aromatic heterocycles. The summed E-state index contributed by atoms with van der Waals surface area (Å²) in [4.78, 5) is 22.0. The van der Waals surface area contributed by atoms with Gasteiger partial charge in [-0.05, 0) is 6.42 Å². The SMILES string of the molecule is CCC(=O)NCCNC(=O)CCCS(N)(=O)=O. The lowest BCUT2D eigenvalue weighted by molar-refractivity contribution is -0.122. The Morgan fingerprint density at radius 2 is 1.65 bits per heavy atom. The number of nitrogens with two attached hydrogens (primary N) is 1. The van der Waals surface area contributed by atoms with Crippen LogP contribution >= 0.6 is 0 Å². The van der Waals surface area contributed by atoms with Crippen LogP contribution in [-0.4, -0.2) is 39.1 Å². The molecule has 2 amide bonds. The Labute approximate surface area is 101 Å². The summed E-state index contributed by atoms with van der Waals surface area (Å²) >= 11 is 0. The molecule has 0 aliphatic rings. The molecule has 7 nitrogen and oxygen atoms in total. The number of hydrogen-bond donors (Lipinski definition) is 3. The molecule has 0 radical (unpaired) electrons. The summed E-state index contributed by atoms with van der Waals surface area (Å²) in [5.74, 6) is -0.527. The third-order valence-electron chi connectivity index (χ3n) is 1.92. The van der Waals surface area contributed by atoms with Crippen LogP contribution in [-0.2, 0) is 19.6 Å². The first-order chi connectivity index (χ1) is 7.85. The fourth-order valence-corrected chi connectivity index (χ4v) is 1.60. The lowest BCUT2D eigenvalue weighted by Crippen LogP contribution is -2.34. The van der Waals surface area contributed by atoms with Gasteiger partial charge in [0, 0.05) is 25.9 Å². The van der Waals surface area contributed by atoms with E-state index >= 15 is 0 Å². The number of rotatable bonds is 8. The van der Waals surface area contributed by atoms with E-state index in [0.717, 1.165) is 0 Å². The number of hydrogen-bond acceptors (Lipinski definition) is 4. The van der Waals surface area contributed by atoms with Gasteiger partial charge in [-0.2, -0.15) is 0 Å². The van der Waals surface area contributed by atoms with Crippen molar-refractivity contribution < 1.29 is 18.0 Å². The fourth-order valence-electron chi connectivity index (χ4n) is 1.05. The molecule has 8 heteroatoms. The van der Waals surface area contributed by atoms with Gasteiger partial charge in [-0.25, -0.2) is 13.6 Å². The molecule has 100 valence electrons. The summed E-state index contributed by atoms with van der Waals surface area (Å²) in [5, 5.41) is 9.94. The highest BCUT2D eigenvalue weighted by Crippen LogP contribution is 1.91. The van der Waals surface area contributed by atoms with Crippen molar-refractivity contribution in [1.29, 1.82) is 0 Å². The number of nitrogens with one attached hydrogen (secondary N) is 2. The zero-order chi connectivity index (χ0) is 13.3. The van der Waals surface area contributed by atoms with Crippen LogP contribution in [0, 0.1) is 0 Å². The van der Waals surface area contributed by atoms with Gasteiger partial charge in [0.1, 0.15) is 0 Å². The second-order valence-electron chi connectivity index (χ2n) is 3.52. The van der Waals surface area contributed by atoms with E-state index < -0.39 is 10.0 Å². The molecule has 0 atom stereocenters. The first-order valence-electron chi connectivity index (χ1n) is 5.39. The number of carbonyl (C=O) groups excluding carboxylic acids is 2. The smallest absolute Gasteiger partial charge is 0.220 e. The van der Waals surface area contributed by atoms with E-state index in [1.807, 2.05) is 0 Å². The van der Waals surface area contributed by atoms with Crippen LogP contribution in [0.3, 0.4) is 0 Å². The zero-order valence-corrected chi connectivity index (χ0v) is 10.7. The number of primary sulfonamides is 1. The Balaban J connectivity index is 3.51. The zero-order valence-electron chi connectivity index (χ0n) is 9.86. The summed E-state index contributed by atoms with van der Waals surface area (Å²) < 4.78 is 21.2. The largest absolute Gasteiger partial charge is 0.354 e. The van der Waals surface area contributed by atoms with Crippen molar-refractivity contribution in [1.82, 2.24) is 10.6 Å². The van der Waals surface area contributed by atoms with Crippen molar-refractivity contribution in [2.24, 2.45) is 5.14 Å². The first-order valence-corrected chi connectivity index (χ1v) is 7.10. The monoisotopic (exact) mass is 265 g/mol. The lowest BCUT2D eigenvalue weighted by atomic mass is 10.3. The Hall–Kier alpha value is -1.15. The average Bonchev–Trinajstić information content (AvgIpc) is 2.22. The molecule has 0 aromatic carbocycles. The molecule has 0 aliphatic heterocycles. The molecule has 0 heterocycles. The predicted octanol–water partition coefficient (Wildman–Crippen LogP) is -1.30. The minimum atomic E-state index is -3.50. The quantitative estimate of drug-likeness (QED) is 0.472. The highest BCUT2D eigenvalue weighted by Gasteiger charge is 2.05. The normalized spacial score (nSPS) is 10.9. The van der Waals surface area contributed by atoms with Crippen LogP contribution in [0.15, 0.2) is 0 Å². The maximum Gasteiger partial charge on any atom is 0.220 e. The second-order valence-corrected chi connectivity index (χ2v) is 5.26. The summed E-state index contributed by atoms with van der Waals surface area (Å²) in [6.45, 7) is 2.44. The van der Waals surface area contributed by atoms with Crippen LogP contribution in [0.2, 0.25) is 0 Å². The summed E-state index contributed by atoms with van der Waals surface area (Å²) in [6, 6.07) is 0. The standard InChI is InChI=1S/C9H19N3O4S/c1-2-8(13)11-5-6-12-9(14)4-3-7-17(10,15)16/h2-7H2,1H3,(H,11,13)(H,12,14)(H2,10,15,16). The van der Waals surface area contributed by atoms with Gasteiger partial charge in [-0.3, -0.25) is 9.59 Å². The Morgan fingerprint density at radius 1 is 1.12 bits per heavy atom. The van der Waals surface area contributed by atoms with E-state index in [1.165, 1.54) is 0 Å². The lowest BCUT2D eigenvalue weighted by Gasteiger charge is -2.05. The van der Waals surface area contributed by atoms with Crippen LogP contribution in [0.4, 0.5) is 0 Å². The third-order valence-corrected chi connectivity index (χ3v) is 2.78. The maximum atomic E-state index is 11.2. The van der Waals surface area contributed by atoms with E-state index in [0.29, 0.717) is 19.5 Å². The molecule has 0 aliphatic carbocycles. The highest BCUT2D eigenvalue weighted by molar-refractivity contribution is 7.89. The minimum absolute atomic E-state index is 0.0755. The number of carbonyl (C=O) groups is 2. The predicted molar refractivity (Wildman–Crippen MR) is 63.5 cm³/mol. The van der Waals surface area contributed by atoms with E-state index in [1.54, 1.807) is 6.92 Å². The molecular formula is C9H19N3O4S. The van der Waals surface area contributed by atoms with E-state index in [2.05, 4.69) is 10.6 Å². The molecule has 17 heavy (non-hydrogen) atoms. The van der Waals surface area contributed by atoms with Crippen molar-refractivity contribution in [3.8, 4) is 0 Å². The van der Waals surface area contributed by atoms with Crippen molar-refractivity contribution in [2.45, 2.75) is 26.2 Å². The van der Waals surface area contributed by atoms with Crippen molar-refractivity contribution in [3.05, 3.63) is 0 Å². The van der Waals surface area contributed by atoms with Crippen molar-refractivity contribution >= 4 is 21.8 Å². The van der Waals surface area contributed by atoms with Crippen LogP contribution in [0.1, 0.15) is 26.2 Å². The molecule has 4 N–H and O–H groups in total. The summed E-state index contributed by atoms with van der Waals surface area (Å²) in [6.07, 6.45) is 0.715. The molecule has 0 fully saturated rings. The van der Waals surface area contributed by atoms with Gasteiger partial charge in [0.15, 0.2) is 0 Å². The van der Waals surface area contributed by atoms with Crippen molar-refractivity contribution in [2.75, 3.05) is 18.8 Å². The van der Waals surface area contributed by atoms with Crippen molar-refractivity contribution in [3.63, 3.8) is 0 Å². The Morgan fingerprint density at radius 3 is 2.12 bits per heavy atom. The van der Waals surface area contributed by atoms with Gasteiger partial charge in [-0.1, -0.05) is 6.92 Å².